The van der Waals surface area contributed by atoms with E-state index in [0.29, 0.717) is 57.8 Å². The zero-order chi connectivity index (χ0) is 23.3. The molecule has 2 fully saturated rings. The molecule has 0 unspecified atom stereocenters. The number of carbonyl (C=O) groups is 1. The number of carbonyl (C=O) groups excluding carboxylic acids is 1. The van der Waals surface area contributed by atoms with E-state index < -0.39 is 10.0 Å². The van der Waals surface area contributed by atoms with Crippen molar-refractivity contribution in [2.24, 2.45) is 0 Å². The van der Waals surface area contributed by atoms with E-state index in [9.17, 15) is 17.6 Å². The number of rotatable bonds is 8. The maximum absolute atomic E-state index is 13.9. The second kappa shape index (κ2) is 10.7. The number of hydrogen-bond donors (Lipinski definition) is 1. The molecule has 0 radical (unpaired) electrons. The Kier molecular flexibility index (Phi) is 7.75. The molecule has 9 heteroatoms. The first kappa shape index (κ1) is 23.8. The van der Waals surface area contributed by atoms with Crippen LogP contribution < -0.4 is 5.32 Å². The molecule has 7 nitrogen and oxygen atoms in total. The summed E-state index contributed by atoms with van der Waals surface area (Å²) in [5, 5.41) is 3.24. The first-order valence-electron chi connectivity index (χ1n) is 11.4. The van der Waals surface area contributed by atoms with Gasteiger partial charge in [0.15, 0.2) is 0 Å². The summed E-state index contributed by atoms with van der Waals surface area (Å²) < 4.78 is 40.8. The molecule has 2 aromatic carbocycles. The highest BCUT2D eigenvalue weighted by Gasteiger charge is 2.32. The van der Waals surface area contributed by atoms with Gasteiger partial charge in [0.1, 0.15) is 5.82 Å². The van der Waals surface area contributed by atoms with Gasteiger partial charge in [0.05, 0.1) is 12.3 Å². The Balaban J connectivity index is 1.19. The Hall–Kier alpha value is -2.33. The smallest absolute Gasteiger partial charge is 0.236 e. The highest BCUT2D eigenvalue weighted by Crippen LogP contribution is 2.18. The lowest BCUT2D eigenvalue weighted by Crippen LogP contribution is -2.51. The number of amides is 1. The van der Waals surface area contributed by atoms with Gasteiger partial charge in [-0.25, -0.2) is 17.1 Å². The number of nitrogens with one attached hydrogen (secondary N) is 1. The summed E-state index contributed by atoms with van der Waals surface area (Å²) >= 11 is 0. The monoisotopic (exact) mass is 474 g/mol. The van der Waals surface area contributed by atoms with Gasteiger partial charge in [-0.3, -0.25) is 9.69 Å². The van der Waals surface area contributed by atoms with E-state index in [-0.39, 0.29) is 30.1 Å². The zero-order valence-corrected chi connectivity index (χ0v) is 19.5. The summed E-state index contributed by atoms with van der Waals surface area (Å²) in [5.74, 6) is -0.181. The summed E-state index contributed by atoms with van der Waals surface area (Å²) in [4.78, 5) is 16.6. The normalized spacial score (nSPS) is 20.3. The topological polar surface area (TPSA) is 73.0 Å². The van der Waals surface area contributed by atoms with E-state index in [1.165, 1.54) is 10.4 Å². The molecule has 0 saturated carbocycles. The van der Waals surface area contributed by atoms with E-state index >= 15 is 0 Å². The molecular formula is C24H31FN4O3S. The second-order valence-electron chi connectivity index (χ2n) is 8.71. The third-order valence-corrected chi connectivity index (χ3v) is 8.17. The molecule has 2 aliphatic rings. The third kappa shape index (κ3) is 6.38. The Bertz CT molecular complexity index is 1040. The van der Waals surface area contributed by atoms with Gasteiger partial charge < -0.3 is 10.2 Å². The SMILES string of the molecule is O=C(CN[C@H]1CCN(S(=O)(=O)Cc2ccccc2)C1)N1CCN(Cc2ccccc2F)CC1. The van der Waals surface area contributed by atoms with E-state index in [1.54, 1.807) is 12.1 Å². The summed E-state index contributed by atoms with van der Waals surface area (Å²) in [7, 11) is -3.37. The minimum absolute atomic E-state index is 0.00332. The van der Waals surface area contributed by atoms with Crippen LogP contribution in [0.15, 0.2) is 54.6 Å². The fourth-order valence-electron chi connectivity index (χ4n) is 4.39. The van der Waals surface area contributed by atoms with E-state index in [4.69, 9.17) is 0 Å². The molecule has 1 amide bonds. The molecule has 2 aromatic rings. The minimum Gasteiger partial charge on any atom is -0.339 e. The van der Waals surface area contributed by atoms with Gasteiger partial charge in [-0.05, 0) is 18.1 Å². The number of halogens is 1. The van der Waals surface area contributed by atoms with Crippen molar-refractivity contribution < 1.29 is 17.6 Å². The highest BCUT2D eigenvalue weighted by molar-refractivity contribution is 7.88. The summed E-state index contributed by atoms with van der Waals surface area (Å²) in [6.45, 7) is 4.22. The van der Waals surface area contributed by atoms with Gasteiger partial charge in [-0.1, -0.05) is 48.5 Å². The number of nitrogens with zero attached hydrogens (tertiary/aromatic N) is 3. The van der Waals surface area contributed by atoms with Crippen molar-refractivity contribution in [3.05, 3.63) is 71.5 Å². The molecule has 33 heavy (non-hydrogen) atoms. The lowest BCUT2D eigenvalue weighted by molar-refractivity contribution is -0.132. The molecule has 0 aromatic heterocycles. The van der Waals surface area contributed by atoms with Crippen LogP contribution in [0.25, 0.3) is 0 Å². The zero-order valence-electron chi connectivity index (χ0n) is 18.7. The van der Waals surface area contributed by atoms with Gasteiger partial charge >= 0.3 is 0 Å². The predicted octanol–water partition coefficient (Wildman–Crippen LogP) is 1.66. The molecule has 0 spiro atoms. The van der Waals surface area contributed by atoms with Crippen LogP contribution in [0.2, 0.25) is 0 Å². The van der Waals surface area contributed by atoms with Crippen LogP contribution in [-0.2, 0) is 27.1 Å². The molecule has 0 bridgehead atoms. The van der Waals surface area contributed by atoms with Gasteiger partial charge in [-0.2, -0.15) is 0 Å². The fourth-order valence-corrected chi connectivity index (χ4v) is 5.98. The Morgan fingerprint density at radius 1 is 0.970 bits per heavy atom. The Labute approximate surface area is 195 Å². The third-order valence-electron chi connectivity index (χ3n) is 6.36. The van der Waals surface area contributed by atoms with Gasteiger partial charge in [0, 0.05) is 57.4 Å². The summed E-state index contributed by atoms with van der Waals surface area (Å²) in [5.41, 5.74) is 1.45. The van der Waals surface area contributed by atoms with Crippen LogP contribution in [0.1, 0.15) is 17.5 Å². The lowest BCUT2D eigenvalue weighted by atomic mass is 10.2. The average Bonchev–Trinajstić information content (AvgIpc) is 3.30. The molecule has 2 aliphatic heterocycles. The lowest BCUT2D eigenvalue weighted by Gasteiger charge is -2.35. The second-order valence-corrected chi connectivity index (χ2v) is 10.7. The van der Waals surface area contributed by atoms with Crippen LogP contribution in [0, 0.1) is 5.82 Å². The van der Waals surface area contributed by atoms with Crippen molar-refractivity contribution in [3.8, 4) is 0 Å². The largest absolute Gasteiger partial charge is 0.339 e. The standard InChI is InChI=1S/C24H31FN4O3S/c25-23-9-5-4-8-21(23)17-27-12-14-28(15-13-27)24(30)16-26-22-10-11-29(18-22)33(31,32)19-20-6-2-1-3-7-20/h1-9,22,26H,10-19H2/t22-/m0/s1. The highest BCUT2D eigenvalue weighted by atomic mass is 32.2. The first-order valence-corrected chi connectivity index (χ1v) is 13.0. The van der Waals surface area contributed by atoms with Crippen LogP contribution in [0.3, 0.4) is 0 Å². The number of sulfonamides is 1. The van der Waals surface area contributed by atoms with E-state index in [2.05, 4.69) is 10.2 Å². The predicted molar refractivity (Wildman–Crippen MR) is 125 cm³/mol. The minimum atomic E-state index is -3.37. The molecule has 0 aliphatic carbocycles. The van der Waals surface area contributed by atoms with Gasteiger partial charge in [0.25, 0.3) is 0 Å². The summed E-state index contributed by atoms with van der Waals surface area (Å²) in [6.07, 6.45) is 0.692. The van der Waals surface area contributed by atoms with Crippen LogP contribution in [-0.4, -0.2) is 80.3 Å². The van der Waals surface area contributed by atoms with Crippen molar-refractivity contribution in [2.45, 2.75) is 24.8 Å². The van der Waals surface area contributed by atoms with Gasteiger partial charge in [0.2, 0.25) is 15.9 Å². The molecule has 178 valence electrons. The van der Waals surface area contributed by atoms with Crippen molar-refractivity contribution >= 4 is 15.9 Å². The maximum Gasteiger partial charge on any atom is 0.236 e. The number of piperazine rings is 1. The van der Waals surface area contributed by atoms with Crippen LogP contribution in [0.4, 0.5) is 4.39 Å². The average molecular weight is 475 g/mol. The quantitative estimate of drug-likeness (QED) is 0.630. The maximum atomic E-state index is 13.9. The van der Waals surface area contributed by atoms with Crippen molar-refractivity contribution in [3.63, 3.8) is 0 Å². The molecule has 4 rings (SSSR count). The van der Waals surface area contributed by atoms with Gasteiger partial charge in [-0.15, -0.1) is 0 Å². The van der Waals surface area contributed by atoms with Crippen molar-refractivity contribution in [1.29, 1.82) is 0 Å². The number of hydrogen-bond acceptors (Lipinski definition) is 5. The van der Waals surface area contributed by atoms with Crippen LogP contribution in [0.5, 0.6) is 0 Å². The first-order chi connectivity index (χ1) is 15.9. The Morgan fingerprint density at radius 3 is 2.39 bits per heavy atom. The molecule has 1 N–H and O–H groups in total. The van der Waals surface area contributed by atoms with Crippen molar-refractivity contribution in [1.82, 2.24) is 19.4 Å². The molecule has 2 saturated heterocycles. The number of benzene rings is 2. The molecule has 1 atom stereocenters. The molecular weight excluding hydrogens is 443 g/mol. The Morgan fingerprint density at radius 2 is 1.67 bits per heavy atom. The summed E-state index contributed by atoms with van der Waals surface area (Å²) in [6, 6.07) is 15.9. The van der Waals surface area contributed by atoms with E-state index in [1.807, 2.05) is 41.3 Å². The van der Waals surface area contributed by atoms with E-state index in [0.717, 1.165) is 5.56 Å². The van der Waals surface area contributed by atoms with Crippen molar-refractivity contribution in [2.75, 3.05) is 45.8 Å². The van der Waals surface area contributed by atoms with Crippen LogP contribution >= 0.6 is 0 Å². The molecule has 2 heterocycles. The fraction of sp³-hybridized carbons (Fsp3) is 0.458.